The van der Waals surface area contributed by atoms with Crippen LogP contribution < -0.4 is 0 Å². The van der Waals surface area contributed by atoms with Gasteiger partial charge in [0.2, 0.25) is 0 Å². The molecule has 0 aliphatic heterocycles. The molecule has 0 aromatic carbocycles. The maximum atomic E-state index is 8.17. The quantitative estimate of drug-likeness (QED) is 0.278. The predicted molar refractivity (Wildman–Crippen MR) is 44.0 cm³/mol. The Morgan fingerprint density at radius 3 is 0.786 bits per heavy atom. The van der Waals surface area contributed by atoms with Gasteiger partial charge in [0.25, 0.3) is 0 Å². The normalized spacial score (nSPS) is 8.57. The summed E-state index contributed by atoms with van der Waals surface area (Å²) in [5, 5.41) is 48.0. The molecule has 0 aromatic heterocycles. The minimum atomic E-state index is -0.954. The van der Waals surface area contributed by atoms with Crippen molar-refractivity contribution in [2.75, 3.05) is 26.4 Å². The number of aliphatic hydroxyl groups is 6. The first-order valence-corrected chi connectivity index (χ1v) is 3.41. The molecule has 0 aliphatic carbocycles. The van der Waals surface area contributed by atoms with Crippen molar-refractivity contribution in [2.24, 2.45) is 0 Å². The second kappa shape index (κ2) is 19.1. The van der Waals surface area contributed by atoms with Crippen LogP contribution in [-0.2, 0) is 21.7 Å². The molecule has 0 saturated heterocycles. The van der Waals surface area contributed by atoms with E-state index in [0.717, 1.165) is 0 Å². The molecule has 0 amide bonds. The van der Waals surface area contributed by atoms with Gasteiger partial charge in [-0.2, -0.15) is 0 Å². The fourth-order valence-corrected chi connectivity index (χ4v) is 0.115. The van der Waals surface area contributed by atoms with Crippen molar-refractivity contribution in [1.29, 1.82) is 0 Å². The van der Waals surface area contributed by atoms with Gasteiger partial charge in [-0.25, -0.2) is 0 Å². The zero-order valence-electron chi connectivity index (χ0n) is 7.67. The fraction of sp³-hybridized carbons (Fsp3) is 1.00. The molecule has 8 N–H and O–H groups in total. The summed E-state index contributed by atoms with van der Waals surface area (Å²) >= 11 is 0. The van der Waals surface area contributed by atoms with E-state index in [9.17, 15) is 0 Å². The second-order valence-corrected chi connectivity index (χ2v) is 2.04. The van der Waals surface area contributed by atoms with E-state index in [4.69, 9.17) is 30.6 Å². The number of aliphatic hydroxyl groups excluding tert-OH is 6. The van der Waals surface area contributed by atoms with Gasteiger partial charge >= 0.3 is 0 Å². The molecule has 0 heterocycles. The molecule has 0 fully saturated rings. The van der Waals surface area contributed by atoms with Gasteiger partial charge in [0, 0.05) is 21.7 Å². The van der Waals surface area contributed by atoms with Gasteiger partial charge < -0.3 is 36.1 Å². The smallest absolute Gasteiger partial charge is 0.100 e. The van der Waals surface area contributed by atoms with Crippen molar-refractivity contribution in [3.63, 3.8) is 0 Å². The van der Waals surface area contributed by atoms with Crippen LogP contribution in [0.15, 0.2) is 0 Å². The van der Waals surface area contributed by atoms with Crippen molar-refractivity contribution < 1.29 is 57.8 Å². The third kappa shape index (κ3) is 22.9. The van der Waals surface area contributed by atoms with Crippen molar-refractivity contribution in [1.82, 2.24) is 0 Å². The molecule has 0 saturated carbocycles. The Morgan fingerprint density at radius 2 is 0.786 bits per heavy atom. The molecular formula is C6H18O7Ti. The summed E-state index contributed by atoms with van der Waals surface area (Å²) in [7, 11) is 0. The first-order valence-electron chi connectivity index (χ1n) is 3.41. The van der Waals surface area contributed by atoms with E-state index in [0.29, 0.717) is 0 Å². The molecule has 8 heteroatoms. The van der Waals surface area contributed by atoms with E-state index in [2.05, 4.69) is 0 Å². The Bertz CT molecular complexity index is 66.6. The van der Waals surface area contributed by atoms with Crippen molar-refractivity contribution in [3.8, 4) is 0 Å². The van der Waals surface area contributed by atoms with Crippen LogP contribution in [0.4, 0.5) is 0 Å². The topological polar surface area (TPSA) is 153 Å². The fourth-order valence-electron chi connectivity index (χ4n) is 0.115. The van der Waals surface area contributed by atoms with E-state index in [1.807, 2.05) is 0 Å². The van der Waals surface area contributed by atoms with Crippen LogP contribution in [0.1, 0.15) is 0 Å². The summed E-state index contributed by atoms with van der Waals surface area (Å²) in [5.41, 5.74) is 0. The molecule has 0 aromatic rings. The molecular weight excluding hydrogens is 232 g/mol. The summed E-state index contributed by atoms with van der Waals surface area (Å²) in [6, 6.07) is 0. The maximum Gasteiger partial charge on any atom is 0.100 e. The maximum absolute atomic E-state index is 8.17. The average molecular weight is 250 g/mol. The summed E-state index contributed by atoms with van der Waals surface area (Å²) in [5.74, 6) is 0. The van der Waals surface area contributed by atoms with Crippen LogP contribution in [0.2, 0.25) is 0 Å². The molecule has 0 spiro atoms. The zero-order chi connectivity index (χ0) is 9.98. The van der Waals surface area contributed by atoms with E-state index >= 15 is 0 Å². The van der Waals surface area contributed by atoms with E-state index < -0.39 is 12.2 Å². The summed E-state index contributed by atoms with van der Waals surface area (Å²) in [6.45, 7) is -1.46. The van der Waals surface area contributed by atoms with Gasteiger partial charge in [0.15, 0.2) is 0 Å². The van der Waals surface area contributed by atoms with Gasteiger partial charge in [-0.3, -0.25) is 0 Å². The summed E-state index contributed by atoms with van der Waals surface area (Å²) in [4.78, 5) is 0. The first-order chi connectivity index (χ1) is 5.62. The molecule has 0 rings (SSSR count). The third-order valence-corrected chi connectivity index (χ3v) is 0.843. The van der Waals surface area contributed by atoms with E-state index in [-0.39, 0.29) is 53.6 Å². The van der Waals surface area contributed by atoms with Crippen molar-refractivity contribution >= 4 is 0 Å². The molecule has 0 atom stereocenters. The van der Waals surface area contributed by atoms with E-state index in [1.54, 1.807) is 0 Å². The van der Waals surface area contributed by atoms with Gasteiger partial charge in [-0.1, -0.05) is 0 Å². The Labute approximate surface area is 96.8 Å². The van der Waals surface area contributed by atoms with Crippen LogP contribution in [0.25, 0.3) is 0 Å². The van der Waals surface area contributed by atoms with Gasteiger partial charge in [-0.05, 0) is 0 Å². The van der Waals surface area contributed by atoms with Gasteiger partial charge in [0.1, 0.15) is 12.2 Å². The van der Waals surface area contributed by atoms with Crippen LogP contribution in [0.5, 0.6) is 0 Å². The Balaban J connectivity index is -0.0000000625. The molecule has 0 unspecified atom stereocenters. The van der Waals surface area contributed by atoms with Crippen LogP contribution in [0.3, 0.4) is 0 Å². The summed E-state index contributed by atoms with van der Waals surface area (Å²) < 4.78 is 0. The van der Waals surface area contributed by atoms with Crippen LogP contribution in [-0.4, -0.2) is 74.8 Å². The van der Waals surface area contributed by atoms with Gasteiger partial charge in [0.05, 0.1) is 26.4 Å². The number of rotatable bonds is 4. The molecule has 0 aliphatic rings. The Morgan fingerprint density at radius 1 is 0.643 bits per heavy atom. The zero-order valence-corrected chi connectivity index (χ0v) is 9.23. The predicted octanol–water partition coefficient (Wildman–Crippen LogP) is -4.16. The Kier molecular flexibility index (Phi) is 32.6. The monoisotopic (exact) mass is 250 g/mol. The number of hydrogen-bond acceptors (Lipinski definition) is 6. The average Bonchev–Trinajstić information content (AvgIpc) is 2.16. The molecule has 7 nitrogen and oxygen atoms in total. The minimum Gasteiger partial charge on any atom is -0.412 e. The van der Waals surface area contributed by atoms with E-state index in [1.165, 1.54) is 0 Å². The van der Waals surface area contributed by atoms with Crippen LogP contribution >= 0.6 is 0 Å². The summed E-state index contributed by atoms with van der Waals surface area (Å²) in [6.07, 6.45) is -1.91. The minimum absolute atomic E-state index is 0. The second-order valence-electron chi connectivity index (χ2n) is 2.04. The number of hydrogen-bond donors (Lipinski definition) is 6. The van der Waals surface area contributed by atoms with Gasteiger partial charge in [-0.15, -0.1) is 0 Å². The molecule has 0 radical (unpaired) electrons. The Hall–Kier alpha value is 0.434. The van der Waals surface area contributed by atoms with Crippen LogP contribution in [0, 0.1) is 0 Å². The molecule has 88 valence electrons. The molecule has 14 heavy (non-hydrogen) atoms. The largest absolute Gasteiger partial charge is 0.412 e. The molecule has 0 bridgehead atoms. The first kappa shape index (κ1) is 23.9. The van der Waals surface area contributed by atoms with Crippen molar-refractivity contribution in [3.05, 3.63) is 0 Å². The van der Waals surface area contributed by atoms with Crippen molar-refractivity contribution in [2.45, 2.75) is 12.2 Å². The SMILES string of the molecule is O.OCC(O)CO.OCC(O)CO.[Ti]. The standard InChI is InChI=1S/2C3H8O3.H2O.Ti/c2*4-1-3(6)2-5;;/h2*3-6H,1-2H2;1H2;. The third-order valence-electron chi connectivity index (χ3n) is 0.843.